The Morgan fingerprint density at radius 1 is 1.29 bits per heavy atom. The van der Waals surface area contributed by atoms with E-state index in [1.54, 1.807) is 24.4 Å². The standard InChI is InChI=1S/C15H17FN4O/c1-20(9-11-4-6-13(16)7-5-11)10-12-3-2-8-18-14(12)15(17)19-21/h2-8,21H,9-10H2,1H3,(H2,17,19). The molecule has 1 aromatic carbocycles. The van der Waals surface area contributed by atoms with Gasteiger partial charge in [0, 0.05) is 19.3 Å². The molecule has 21 heavy (non-hydrogen) atoms. The van der Waals surface area contributed by atoms with Gasteiger partial charge in [-0.15, -0.1) is 0 Å². The van der Waals surface area contributed by atoms with Crippen LogP contribution < -0.4 is 5.73 Å². The molecule has 0 spiro atoms. The zero-order valence-corrected chi connectivity index (χ0v) is 11.7. The Hall–Kier alpha value is -2.47. The summed E-state index contributed by atoms with van der Waals surface area (Å²) >= 11 is 0. The Bertz CT molecular complexity index is 628. The molecule has 110 valence electrons. The van der Waals surface area contributed by atoms with Crippen molar-refractivity contribution in [1.82, 2.24) is 9.88 Å². The third-order valence-electron chi connectivity index (χ3n) is 3.05. The van der Waals surface area contributed by atoms with Crippen LogP contribution in [0.2, 0.25) is 0 Å². The fourth-order valence-electron chi connectivity index (χ4n) is 2.09. The molecule has 0 aliphatic rings. The number of oxime groups is 1. The van der Waals surface area contributed by atoms with Gasteiger partial charge in [0.2, 0.25) is 0 Å². The zero-order chi connectivity index (χ0) is 15.2. The van der Waals surface area contributed by atoms with Crippen LogP contribution in [-0.2, 0) is 13.1 Å². The van der Waals surface area contributed by atoms with Crippen molar-refractivity contribution in [3.05, 3.63) is 65.2 Å². The number of aromatic nitrogens is 1. The average molecular weight is 288 g/mol. The zero-order valence-electron chi connectivity index (χ0n) is 11.7. The van der Waals surface area contributed by atoms with Gasteiger partial charge in [-0.2, -0.15) is 0 Å². The molecule has 0 aliphatic heterocycles. The Morgan fingerprint density at radius 3 is 2.67 bits per heavy atom. The second-order valence-corrected chi connectivity index (χ2v) is 4.80. The Balaban J connectivity index is 2.09. The monoisotopic (exact) mass is 288 g/mol. The molecule has 5 nitrogen and oxygen atoms in total. The van der Waals surface area contributed by atoms with Crippen LogP contribution in [0.4, 0.5) is 4.39 Å². The molecule has 1 aromatic heterocycles. The van der Waals surface area contributed by atoms with Crippen LogP contribution in [0.1, 0.15) is 16.8 Å². The second kappa shape index (κ2) is 6.81. The first-order chi connectivity index (χ1) is 10.1. The summed E-state index contributed by atoms with van der Waals surface area (Å²) in [5.41, 5.74) is 7.95. The number of nitrogens with zero attached hydrogens (tertiary/aromatic N) is 3. The molecule has 2 rings (SSSR count). The summed E-state index contributed by atoms with van der Waals surface area (Å²) in [5, 5.41) is 11.8. The van der Waals surface area contributed by atoms with Crippen molar-refractivity contribution in [2.45, 2.75) is 13.1 Å². The van der Waals surface area contributed by atoms with Crippen LogP contribution in [-0.4, -0.2) is 28.0 Å². The first-order valence-electron chi connectivity index (χ1n) is 6.45. The molecule has 0 amide bonds. The van der Waals surface area contributed by atoms with Gasteiger partial charge in [0.05, 0.1) is 0 Å². The first kappa shape index (κ1) is 14.9. The quantitative estimate of drug-likeness (QED) is 0.382. The van der Waals surface area contributed by atoms with E-state index in [0.29, 0.717) is 18.8 Å². The summed E-state index contributed by atoms with van der Waals surface area (Å²) in [4.78, 5) is 6.17. The predicted octanol–water partition coefficient (Wildman–Crippen LogP) is 1.95. The minimum atomic E-state index is -0.247. The fraction of sp³-hybridized carbons (Fsp3) is 0.200. The SMILES string of the molecule is CN(Cc1ccc(F)cc1)Cc1cccnc1C(N)=NO. The van der Waals surface area contributed by atoms with Gasteiger partial charge in [0.25, 0.3) is 0 Å². The highest BCUT2D eigenvalue weighted by atomic mass is 19.1. The molecule has 0 unspecified atom stereocenters. The Morgan fingerprint density at radius 2 is 2.00 bits per heavy atom. The van der Waals surface area contributed by atoms with E-state index >= 15 is 0 Å². The number of pyridine rings is 1. The van der Waals surface area contributed by atoms with Crippen molar-refractivity contribution in [2.75, 3.05) is 7.05 Å². The molecule has 0 atom stereocenters. The summed E-state index contributed by atoms with van der Waals surface area (Å²) < 4.78 is 12.9. The summed E-state index contributed by atoms with van der Waals surface area (Å²) in [5.74, 6) is -0.260. The molecule has 0 bridgehead atoms. The minimum absolute atomic E-state index is 0.0132. The summed E-state index contributed by atoms with van der Waals surface area (Å²) in [7, 11) is 1.94. The number of hydrogen-bond donors (Lipinski definition) is 2. The van der Waals surface area contributed by atoms with Crippen molar-refractivity contribution in [1.29, 1.82) is 0 Å². The highest BCUT2D eigenvalue weighted by Crippen LogP contribution is 2.11. The van der Waals surface area contributed by atoms with Gasteiger partial charge in [-0.3, -0.25) is 9.88 Å². The van der Waals surface area contributed by atoms with Crippen molar-refractivity contribution < 1.29 is 9.60 Å². The molecular weight excluding hydrogens is 271 g/mol. The van der Waals surface area contributed by atoms with E-state index in [9.17, 15) is 4.39 Å². The van der Waals surface area contributed by atoms with Crippen LogP contribution in [0.3, 0.4) is 0 Å². The third-order valence-corrected chi connectivity index (χ3v) is 3.05. The van der Waals surface area contributed by atoms with Crippen molar-refractivity contribution >= 4 is 5.84 Å². The smallest absolute Gasteiger partial charge is 0.189 e. The highest BCUT2D eigenvalue weighted by Gasteiger charge is 2.10. The van der Waals surface area contributed by atoms with Gasteiger partial charge in [0.1, 0.15) is 11.5 Å². The van der Waals surface area contributed by atoms with Gasteiger partial charge in [-0.25, -0.2) is 4.39 Å². The third kappa shape index (κ3) is 4.00. The van der Waals surface area contributed by atoms with Crippen LogP contribution in [0.25, 0.3) is 0 Å². The number of nitrogens with two attached hydrogens (primary N) is 1. The maximum Gasteiger partial charge on any atom is 0.189 e. The molecule has 0 saturated heterocycles. The van der Waals surface area contributed by atoms with E-state index in [0.717, 1.165) is 11.1 Å². The van der Waals surface area contributed by atoms with Gasteiger partial charge in [0.15, 0.2) is 5.84 Å². The van der Waals surface area contributed by atoms with E-state index in [4.69, 9.17) is 10.9 Å². The molecule has 0 aliphatic carbocycles. The Labute approximate surface area is 122 Å². The van der Waals surface area contributed by atoms with E-state index < -0.39 is 0 Å². The molecule has 0 saturated carbocycles. The summed E-state index contributed by atoms with van der Waals surface area (Å²) in [6, 6.07) is 10.1. The van der Waals surface area contributed by atoms with E-state index in [2.05, 4.69) is 10.1 Å². The van der Waals surface area contributed by atoms with Crippen LogP contribution in [0.5, 0.6) is 0 Å². The van der Waals surface area contributed by atoms with Crippen LogP contribution in [0, 0.1) is 5.82 Å². The summed E-state index contributed by atoms with van der Waals surface area (Å²) in [6.45, 7) is 1.24. The lowest BCUT2D eigenvalue weighted by Gasteiger charge is -2.18. The average Bonchev–Trinajstić information content (AvgIpc) is 2.49. The number of rotatable bonds is 5. The lowest BCUT2D eigenvalue weighted by molar-refractivity contribution is 0.314. The number of hydrogen-bond acceptors (Lipinski definition) is 4. The Kier molecular flexibility index (Phi) is 4.84. The molecular formula is C15H17FN4O. The number of benzene rings is 1. The van der Waals surface area contributed by atoms with Crippen LogP contribution >= 0.6 is 0 Å². The predicted molar refractivity (Wildman–Crippen MR) is 78.3 cm³/mol. The van der Waals surface area contributed by atoms with E-state index in [-0.39, 0.29) is 11.7 Å². The topological polar surface area (TPSA) is 74.7 Å². The fourth-order valence-corrected chi connectivity index (χ4v) is 2.09. The van der Waals surface area contributed by atoms with Gasteiger partial charge >= 0.3 is 0 Å². The largest absolute Gasteiger partial charge is 0.409 e. The van der Waals surface area contributed by atoms with Gasteiger partial charge in [-0.05, 0) is 36.4 Å². The second-order valence-electron chi connectivity index (χ2n) is 4.80. The molecule has 2 aromatic rings. The molecule has 6 heteroatoms. The van der Waals surface area contributed by atoms with Crippen molar-refractivity contribution in [3.8, 4) is 0 Å². The van der Waals surface area contributed by atoms with Crippen LogP contribution in [0.15, 0.2) is 47.8 Å². The lowest BCUT2D eigenvalue weighted by Crippen LogP contribution is -2.22. The molecule has 1 heterocycles. The van der Waals surface area contributed by atoms with Gasteiger partial charge < -0.3 is 10.9 Å². The van der Waals surface area contributed by atoms with E-state index in [1.807, 2.05) is 18.0 Å². The van der Waals surface area contributed by atoms with Gasteiger partial charge in [-0.1, -0.05) is 23.4 Å². The highest BCUT2D eigenvalue weighted by molar-refractivity contribution is 5.96. The van der Waals surface area contributed by atoms with Crippen molar-refractivity contribution in [3.63, 3.8) is 0 Å². The lowest BCUT2D eigenvalue weighted by atomic mass is 10.1. The summed E-state index contributed by atoms with van der Waals surface area (Å²) in [6.07, 6.45) is 1.59. The minimum Gasteiger partial charge on any atom is -0.409 e. The first-order valence-corrected chi connectivity index (χ1v) is 6.45. The molecule has 0 fully saturated rings. The van der Waals surface area contributed by atoms with Crippen molar-refractivity contribution in [2.24, 2.45) is 10.9 Å². The number of halogens is 1. The van der Waals surface area contributed by atoms with E-state index in [1.165, 1.54) is 12.1 Å². The normalized spacial score (nSPS) is 11.9. The molecule has 3 N–H and O–H groups in total. The maximum absolute atomic E-state index is 12.9. The number of amidine groups is 1. The maximum atomic E-state index is 12.9. The molecule has 0 radical (unpaired) electrons.